The van der Waals surface area contributed by atoms with E-state index >= 15 is 0 Å². The van der Waals surface area contributed by atoms with Gasteiger partial charge in [-0.1, -0.05) is 48.5 Å². The first kappa shape index (κ1) is 21.6. The number of benzene rings is 2. The number of carbonyl (C=O) groups is 2. The van der Waals surface area contributed by atoms with Crippen LogP contribution in [0.5, 0.6) is 0 Å². The van der Waals surface area contributed by atoms with Gasteiger partial charge in [0.25, 0.3) is 11.5 Å². The van der Waals surface area contributed by atoms with E-state index < -0.39 is 17.5 Å². The third-order valence-electron chi connectivity index (χ3n) is 6.45. The summed E-state index contributed by atoms with van der Waals surface area (Å²) in [6, 6.07) is 19.4. The van der Waals surface area contributed by atoms with Gasteiger partial charge in [-0.05, 0) is 60.7 Å². The minimum Gasteiger partial charge on any atom is -0.315 e. The van der Waals surface area contributed by atoms with Gasteiger partial charge in [0.1, 0.15) is 5.65 Å². The van der Waals surface area contributed by atoms with Crippen LogP contribution in [0.15, 0.2) is 77.7 Å². The molecule has 3 heterocycles. The van der Waals surface area contributed by atoms with E-state index in [2.05, 4.69) is 10.3 Å². The lowest BCUT2D eigenvalue weighted by Crippen LogP contribution is -2.45. The van der Waals surface area contributed by atoms with Crippen LogP contribution in [0.3, 0.4) is 0 Å². The number of hydrogen-bond donors (Lipinski definition) is 1. The van der Waals surface area contributed by atoms with Crippen LogP contribution >= 0.6 is 0 Å². The summed E-state index contributed by atoms with van der Waals surface area (Å²) in [5.74, 6) is -0.404. The largest absolute Gasteiger partial charge is 0.325 e. The second-order valence-corrected chi connectivity index (χ2v) is 8.75. The number of aromatic nitrogens is 2. The number of rotatable bonds is 4. The highest BCUT2D eigenvalue weighted by Crippen LogP contribution is 2.37. The fourth-order valence-electron chi connectivity index (χ4n) is 4.44. The lowest BCUT2D eigenvalue weighted by Gasteiger charge is -2.28. The number of hydrogen-bond acceptors (Lipinski definition) is 4. The summed E-state index contributed by atoms with van der Waals surface area (Å²) in [6.45, 7) is 5.78. The van der Waals surface area contributed by atoms with Crippen LogP contribution < -0.4 is 10.9 Å². The molecule has 0 aliphatic carbocycles. The predicted octanol–water partition coefficient (Wildman–Crippen LogP) is 3.62. The lowest BCUT2D eigenvalue weighted by atomic mass is 9.81. The number of nitrogens with one attached hydrogen (secondary N) is 1. The summed E-state index contributed by atoms with van der Waals surface area (Å²) in [5, 5.41) is 2.95. The molecule has 7 nitrogen and oxygen atoms in total. The normalized spacial score (nSPS) is 17.9. The molecule has 170 valence electrons. The fourth-order valence-corrected chi connectivity index (χ4v) is 4.44. The molecule has 0 spiro atoms. The van der Waals surface area contributed by atoms with Gasteiger partial charge in [-0.15, -0.1) is 0 Å². The molecule has 1 aliphatic heterocycles. The molecule has 0 radical (unpaired) electrons. The molecule has 34 heavy (non-hydrogen) atoms. The Morgan fingerprint density at radius 2 is 1.62 bits per heavy atom. The molecule has 5 rings (SSSR count). The van der Waals surface area contributed by atoms with E-state index in [-0.39, 0.29) is 12.1 Å². The molecule has 0 bridgehead atoms. The van der Waals surface area contributed by atoms with E-state index in [0.717, 1.165) is 21.6 Å². The van der Waals surface area contributed by atoms with Crippen LogP contribution in [0.2, 0.25) is 0 Å². The monoisotopic (exact) mass is 452 g/mol. The maximum atomic E-state index is 14.0. The number of aryl methyl sites for hydroxylation is 3. The van der Waals surface area contributed by atoms with Gasteiger partial charge in [-0.3, -0.25) is 18.9 Å². The van der Waals surface area contributed by atoms with Gasteiger partial charge in [-0.25, -0.2) is 9.78 Å². The molecule has 0 saturated carbocycles. The minimum absolute atomic E-state index is 0.107. The number of carbonyl (C=O) groups excluding carboxylic acids is 2. The van der Waals surface area contributed by atoms with Crippen LogP contribution in [0.4, 0.5) is 4.79 Å². The number of amides is 3. The van der Waals surface area contributed by atoms with Crippen molar-refractivity contribution in [1.82, 2.24) is 19.6 Å². The SMILES string of the molecule is Cc1ccn2c(=O)cc(CN3C(=O)NC(c4ccccc4)(c4ccc(C)c(C)c4)C3=O)nc2c1. The molecule has 2 aromatic carbocycles. The standard InChI is InChI=1S/C27H24N4O3/c1-17-11-12-30-23(13-17)28-22(15-24(30)32)16-31-25(33)27(29-26(31)34,20-7-5-4-6-8-20)21-10-9-18(2)19(3)14-21/h4-15H,16H2,1-3H3,(H,29,34). The van der Waals surface area contributed by atoms with E-state index in [1.807, 2.05) is 75.4 Å². The van der Waals surface area contributed by atoms with E-state index in [4.69, 9.17) is 0 Å². The molecule has 7 heteroatoms. The summed E-state index contributed by atoms with van der Waals surface area (Å²) >= 11 is 0. The molecule has 2 aromatic heterocycles. The Hall–Kier alpha value is -4.26. The van der Waals surface area contributed by atoms with Gasteiger partial charge in [0.05, 0.1) is 12.2 Å². The molecule has 1 aliphatic rings. The van der Waals surface area contributed by atoms with Gasteiger partial charge in [0.2, 0.25) is 0 Å². The van der Waals surface area contributed by atoms with Gasteiger partial charge in [0, 0.05) is 12.3 Å². The molecule has 1 N–H and O–H groups in total. The van der Waals surface area contributed by atoms with Crippen molar-refractivity contribution in [3.63, 3.8) is 0 Å². The minimum atomic E-state index is -1.36. The number of fused-ring (bicyclic) bond motifs is 1. The van der Waals surface area contributed by atoms with Crippen molar-refractivity contribution < 1.29 is 9.59 Å². The first-order valence-electron chi connectivity index (χ1n) is 11.1. The third kappa shape index (κ3) is 3.37. The number of nitrogens with zero attached hydrogens (tertiary/aromatic N) is 3. The zero-order chi connectivity index (χ0) is 24.0. The van der Waals surface area contributed by atoms with Crippen molar-refractivity contribution in [3.8, 4) is 0 Å². The van der Waals surface area contributed by atoms with Gasteiger partial charge < -0.3 is 5.32 Å². The van der Waals surface area contributed by atoms with Crippen LogP contribution in [0, 0.1) is 20.8 Å². The highest BCUT2D eigenvalue weighted by atomic mass is 16.2. The first-order chi connectivity index (χ1) is 16.3. The maximum absolute atomic E-state index is 14.0. The van der Waals surface area contributed by atoms with E-state index in [1.165, 1.54) is 10.5 Å². The van der Waals surface area contributed by atoms with Crippen LogP contribution in [-0.4, -0.2) is 26.2 Å². The lowest BCUT2D eigenvalue weighted by molar-refractivity contribution is -0.130. The Labute approximate surface area is 196 Å². The Morgan fingerprint density at radius 1 is 0.853 bits per heavy atom. The van der Waals surface area contributed by atoms with Gasteiger partial charge >= 0.3 is 6.03 Å². The number of urea groups is 1. The van der Waals surface area contributed by atoms with Crippen molar-refractivity contribution in [3.05, 3.63) is 117 Å². The zero-order valence-electron chi connectivity index (χ0n) is 19.2. The molecule has 4 aromatic rings. The van der Waals surface area contributed by atoms with Crippen molar-refractivity contribution in [2.24, 2.45) is 0 Å². The van der Waals surface area contributed by atoms with Gasteiger partial charge in [-0.2, -0.15) is 0 Å². The quantitative estimate of drug-likeness (QED) is 0.480. The molecule has 1 atom stereocenters. The van der Waals surface area contributed by atoms with Crippen molar-refractivity contribution in [1.29, 1.82) is 0 Å². The molecular weight excluding hydrogens is 428 g/mol. The Kier molecular flexibility index (Phi) is 5.05. The second kappa shape index (κ2) is 7.95. The van der Waals surface area contributed by atoms with Crippen LogP contribution in [0.25, 0.3) is 5.65 Å². The summed E-state index contributed by atoms with van der Waals surface area (Å²) < 4.78 is 1.44. The van der Waals surface area contributed by atoms with Crippen molar-refractivity contribution in [2.75, 3.05) is 0 Å². The topological polar surface area (TPSA) is 83.8 Å². The van der Waals surface area contributed by atoms with Crippen LogP contribution in [-0.2, 0) is 16.9 Å². The maximum Gasteiger partial charge on any atom is 0.325 e. The average molecular weight is 453 g/mol. The highest BCUT2D eigenvalue weighted by Gasteiger charge is 2.53. The fraction of sp³-hybridized carbons (Fsp3) is 0.185. The summed E-state index contributed by atoms with van der Waals surface area (Å²) in [4.78, 5) is 45.4. The summed E-state index contributed by atoms with van der Waals surface area (Å²) in [5.41, 5.74) is 3.61. The Morgan fingerprint density at radius 3 is 2.35 bits per heavy atom. The zero-order valence-corrected chi connectivity index (χ0v) is 19.2. The summed E-state index contributed by atoms with van der Waals surface area (Å²) in [7, 11) is 0. The van der Waals surface area contributed by atoms with Gasteiger partial charge in [0.15, 0.2) is 5.54 Å². The predicted molar refractivity (Wildman–Crippen MR) is 128 cm³/mol. The Bertz CT molecular complexity index is 1510. The molecule has 3 amide bonds. The average Bonchev–Trinajstić information content (AvgIpc) is 3.07. The second-order valence-electron chi connectivity index (χ2n) is 8.75. The number of pyridine rings is 1. The van der Waals surface area contributed by atoms with Crippen LogP contribution in [0.1, 0.15) is 33.5 Å². The Balaban J connectivity index is 1.60. The number of imide groups is 1. The van der Waals surface area contributed by atoms with Crippen molar-refractivity contribution >= 4 is 17.6 Å². The molecular formula is C27H24N4O3. The van der Waals surface area contributed by atoms with Crippen molar-refractivity contribution in [2.45, 2.75) is 32.9 Å². The third-order valence-corrected chi connectivity index (χ3v) is 6.45. The van der Waals surface area contributed by atoms with E-state index in [0.29, 0.717) is 22.5 Å². The molecule has 1 saturated heterocycles. The summed E-state index contributed by atoms with van der Waals surface area (Å²) in [6.07, 6.45) is 1.66. The smallest absolute Gasteiger partial charge is 0.315 e. The molecule has 1 unspecified atom stereocenters. The van der Waals surface area contributed by atoms with E-state index in [9.17, 15) is 14.4 Å². The highest BCUT2D eigenvalue weighted by molar-refractivity contribution is 6.09. The molecule has 1 fully saturated rings. The first-order valence-corrected chi connectivity index (χ1v) is 11.1. The van der Waals surface area contributed by atoms with E-state index in [1.54, 1.807) is 12.3 Å².